The maximum atomic E-state index is 9.31. The summed E-state index contributed by atoms with van der Waals surface area (Å²) >= 11 is 0. The van der Waals surface area contributed by atoms with Gasteiger partial charge in [-0.05, 0) is 12.1 Å². The fourth-order valence-electron chi connectivity index (χ4n) is 1.09. The largest absolute Gasteiger partial charge is 2.00 e. The Morgan fingerprint density at radius 1 is 1.08 bits per heavy atom. The van der Waals surface area contributed by atoms with Gasteiger partial charge in [0.1, 0.15) is 11.3 Å². The van der Waals surface area contributed by atoms with Gasteiger partial charge in [0.15, 0.2) is 0 Å². The molecule has 12 heavy (non-hydrogen) atoms. The van der Waals surface area contributed by atoms with Crippen molar-refractivity contribution in [3.8, 4) is 5.75 Å². The molecule has 0 aliphatic carbocycles. The number of aromatic nitrogens is 1. The van der Waals surface area contributed by atoms with E-state index in [1.165, 1.54) is 0 Å². The summed E-state index contributed by atoms with van der Waals surface area (Å²) in [6.07, 6.45) is 1.67. The van der Waals surface area contributed by atoms with Crippen LogP contribution in [0.2, 0.25) is 0 Å². The van der Waals surface area contributed by atoms with Crippen LogP contribution in [-0.2, 0) is 19.5 Å². The fraction of sp³-hybridized carbons (Fsp3) is 0. The molecule has 0 bridgehead atoms. The van der Waals surface area contributed by atoms with Gasteiger partial charge in [-0.25, -0.2) is 0 Å². The predicted molar refractivity (Wildman–Crippen MR) is 43.4 cm³/mol. The maximum Gasteiger partial charge on any atom is 2.00 e. The first kappa shape index (κ1) is 9.14. The molecule has 2 rings (SSSR count). The van der Waals surface area contributed by atoms with Gasteiger partial charge in [-0.2, -0.15) is 0 Å². The number of fused-ring (bicyclic) bond motifs is 1. The molecule has 3 heteroatoms. The summed E-state index contributed by atoms with van der Waals surface area (Å²) < 4.78 is 0. The molecule has 0 unspecified atom stereocenters. The number of phenolic OH excluding ortho intramolecular Hbond substituents is 1. The van der Waals surface area contributed by atoms with Crippen molar-refractivity contribution in [2.24, 2.45) is 0 Å². The molecular formula is C9H7NOZn+2. The molecule has 1 N–H and O–H groups in total. The van der Waals surface area contributed by atoms with Crippen LogP contribution < -0.4 is 0 Å². The van der Waals surface area contributed by atoms with E-state index >= 15 is 0 Å². The second-order valence-corrected chi connectivity index (χ2v) is 2.35. The molecule has 0 saturated heterocycles. The zero-order valence-corrected chi connectivity index (χ0v) is 9.53. The van der Waals surface area contributed by atoms with Crippen molar-refractivity contribution in [1.29, 1.82) is 0 Å². The molecule has 1 aromatic carbocycles. The summed E-state index contributed by atoms with van der Waals surface area (Å²) in [7, 11) is 0. The Hall–Kier alpha value is -0.947. The van der Waals surface area contributed by atoms with E-state index in [4.69, 9.17) is 0 Å². The molecule has 54 valence electrons. The molecule has 0 aliphatic heterocycles. The van der Waals surface area contributed by atoms with Crippen LogP contribution in [0.5, 0.6) is 5.75 Å². The van der Waals surface area contributed by atoms with Crippen molar-refractivity contribution in [3.05, 3.63) is 36.5 Å². The maximum absolute atomic E-state index is 9.31. The van der Waals surface area contributed by atoms with Crippen LogP contribution in [-0.4, -0.2) is 10.1 Å². The van der Waals surface area contributed by atoms with Crippen LogP contribution in [0.4, 0.5) is 0 Å². The van der Waals surface area contributed by atoms with E-state index in [1.54, 1.807) is 18.3 Å². The predicted octanol–water partition coefficient (Wildman–Crippen LogP) is 1.94. The van der Waals surface area contributed by atoms with Gasteiger partial charge < -0.3 is 5.11 Å². The Bertz CT molecular complexity index is 384. The normalized spacial score (nSPS) is 9.33. The van der Waals surface area contributed by atoms with Gasteiger partial charge in [0.2, 0.25) is 0 Å². The quantitative estimate of drug-likeness (QED) is 0.674. The van der Waals surface area contributed by atoms with Crippen molar-refractivity contribution in [3.63, 3.8) is 0 Å². The minimum Gasteiger partial charge on any atom is -0.506 e. The molecule has 0 fully saturated rings. The monoisotopic (exact) mass is 209 g/mol. The van der Waals surface area contributed by atoms with Crippen LogP contribution in [0.1, 0.15) is 0 Å². The number of rotatable bonds is 0. The minimum atomic E-state index is 0. The van der Waals surface area contributed by atoms with Crippen LogP contribution >= 0.6 is 0 Å². The Kier molecular flexibility index (Phi) is 2.77. The zero-order chi connectivity index (χ0) is 7.68. The number of hydrogen-bond acceptors (Lipinski definition) is 2. The van der Waals surface area contributed by atoms with Gasteiger partial charge >= 0.3 is 19.5 Å². The summed E-state index contributed by atoms with van der Waals surface area (Å²) in [5.41, 5.74) is 0.662. The van der Waals surface area contributed by atoms with Crippen LogP contribution in [0.15, 0.2) is 36.5 Å². The van der Waals surface area contributed by atoms with E-state index in [0.29, 0.717) is 5.52 Å². The van der Waals surface area contributed by atoms with Crippen molar-refractivity contribution in [2.45, 2.75) is 0 Å². The number of nitrogens with zero attached hydrogens (tertiary/aromatic N) is 1. The third-order valence-electron chi connectivity index (χ3n) is 1.61. The first-order valence-electron chi connectivity index (χ1n) is 3.40. The first-order valence-corrected chi connectivity index (χ1v) is 3.40. The second kappa shape index (κ2) is 3.64. The molecule has 2 aromatic rings. The number of para-hydroxylation sites is 1. The van der Waals surface area contributed by atoms with E-state index < -0.39 is 0 Å². The van der Waals surface area contributed by atoms with Gasteiger partial charge in [0.25, 0.3) is 0 Å². The SMILES string of the molecule is Oc1cccc2cccnc12.[Zn+2]. The van der Waals surface area contributed by atoms with Gasteiger partial charge in [-0.3, -0.25) is 4.98 Å². The Balaban J connectivity index is 0.000000720. The van der Waals surface area contributed by atoms with Crippen LogP contribution in [0.3, 0.4) is 0 Å². The average Bonchev–Trinajstić information content (AvgIpc) is 2.06. The van der Waals surface area contributed by atoms with Crippen molar-refractivity contribution in [1.82, 2.24) is 4.98 Å². The fourth-order valence-corrected chi connectivity index (χ4v) is 1.09. The Labute approximate surface area is 83.0 Å². The van der Waals surface area contributed by atoms with E-state index in [1.807, 2.05) is 18.2 Å². The number of benzene rings is 1. The van der Waals surface area contributed by atoms with Crippen molar-refractivity contribution < 1.29 is 24.6 Å². The molecule has 1 heterocycles. The minimum absolute atomic E-state index is 0. The molecule has 0 radical (unpaired) electrons. The molecule has 0 atom stereocenters. The molecule has 0 amide bonds. The summed E-state index contributed by atoms with van der Waals surface area (Å²) in [5, 5.41) is 10.3. The summed E-state index contributed by atoms with van der Waals surface area (Å²) in [6, 6.07) is 9.13. The van der Waals surface area contributed by atoms with Gasteiger partial charge in [0.05, 0.1) is 0 Å². The zero-order valence-electron chi connectivity index (χ0n) is 6.57. The number of phenols is 1. The molecule has 0 saturated carbocycles. The number of aromatic hydroxyl groups is 1. The standard InChI is InChI=1S/C9H7NO.Zn/c11-8-5-1-3-7-4-2-6-10-9(7)8;/h1-6,11H;/q;+2. The average molecular weight is 211 g/mol. The topological polar surface area (TPSA) is 33.1 Å². The van der Waals surface area contributed by atoms with Crippen LogP contribution in [0, 0.1) is 0 Å². The Morgan fingerprint density at radius 2 is 1.83 bits per heavy atom. The van der Waals surface area contributed by atoms with E-state index in [9.17, 15) is 5.11 Å². The van der Waals surface area contributed by atoms with Gasteiger partial charge in [-0.1, -0.05) is 18.2 Å². The van der Waals surface area contributed by atoms with E-state index in [-0.39, 0.29) is 25.2 Å². The molecule has 2 nitrogen and oxygen atoms in total. The van der Waals surface area contributed by atoms with E-state index in [0.717, 1.165) is 5.39 Å². The molecule has 0 spiro atoms. The van der Waals surface area contributed by atoms with E-state index in [2.05, 4.69) is 4.98 Å². The molecule has 1 aromatic heterocycles. The van der Waals surface area contributed by atoms with Gasteiger partial charge in [0, 0.05) is 11.6 Å². The van der Waals surface area contributed by atoms with Crippen molar-refractivity contribution in [2.75, 3.05) is 0 Å². The third kappa shape index (κ3) is 1.46. The smallest absolute Gasteiger partial charge is 0.506 e. The second-order valence-electron chi connectivity index (χ2n) is 2.35. The number of pyridine rings is 1. The third-order valence-corrected chi connectivity index (χ3v) is 1.61. The van der Waals surface area contributed by atoms with Gasteiger partial charge in [-0.15, -0.1) is 0 Å². The summed E-state index contributed by atoms with van der Waals surface area (Å²) in [5.74, 6) is 0.239. The number of hydrogen-bond donors (Lipinski definition) is 1. The molecular weight excluding hydrogens is 203 g/mol. The molecule has 0 aliphatic rings. The Morgan fingerprint density at radius 3 is 2.58 bits per heavy atom. The first-order chi connectivity index (χ1) is 5.38. The van der Waals surface area contributed by atoms with Crippen LogP contribution in [0.25, 0.3) is 10.9 Å². The summed E-state index contributed by atoms with van der Waals surface area (Å²) in [4.78, 5) is 4.03. The van der Waals surface area contributed by atoms with Crippen molar-refractivity contribution >= 4 is 10.9 Å². The summed E-state index contributed by atoms with van der Waals surface area (Å²) in [6.45, 7) is 0.